The molecule has 1 aromatic carbocycles. The third kappa shape index (κ3) is 8.25. The number of nitrogens with one attached hydrogen (secondary N) is 1. The Bertz CT molecular complexity index is 1530. The zero-order valence-corrected chi connectivity index (χ0v) is 25.9. The molecule has 0 saturated carbocycles. The van der Waals surface area contributed by atoms with Crippen molar-refractivity contribution in [2.75, 3.05) is 5.32 Å². The van der Waals surface area contributed by atoms with E-state index in [-0.39, 0.29) is 21.8 Å². The number of hydrogen-bond acceptors (Lipinski definition) is 9. The Kier molecular flexibility index (Phi) is 9.25. The van der Waals surface area contributed by atoms with Gasteiger partial charge in [-0.3, -0.25) is 4.79 Å². The first-order chi connectivity index (χ1) is 20.5. The van der Waals surface area contributed by atoms with Crippen LogP contribution in [0.4, 0.5) is 32.8 Å². The molecule has 45 heavy (non-hydrogen) atoms. The first kappa shape index (κ1) is 34.7. The van der Waals surface area contributed by atoms with Crippen LogP contribution in [0.25, 0.3) is 0 Å². The lowest BCUT2D eigenvalue weighted by Gasteiger charge is -2.44. The Labute approximate surface area is 257 Å². The van der Waals surface area contributed by atoms with E-state index >= 15 is 4.39 Å². The molecule has 242 valence electrons. The molecule has 1 aliphatic rings. The van der Waals surface area contributed by atoms with Gasteiger partial charge < -0.3 is 19.5 Å². The van der Waals surface area contributed by atoms with Gasteiger partial charge in [0.25, 0.3) is 5.91 Å². The van der Waals surface area contributed by atoms with Crippen LogP contribution in [-0.2, 0) is 19.7 Å². The topological polar surface area (TPSA) is 143 Å². The molecule has 1 aliphatic heterocycles. The van der Waals surface area contributed by atoms with Crippen molar-refractivity contribution in [2.45, 2.75) is 90.3 Å². The summed E-state index contributed by atoms with van der Waals surface area (Å²) < 4.78 is 74.8. The molecule has 1 N–H and O–H groups in total. The summed E-state index contributed by atoms with van der Waals surface area (Å²) in [7, 11) is 0. The summed E-state index contributed by atoms with van der Waals surface area (Å²) in [6, 6.07) is 6.53. The number of aromatic nitrogens is 1. The number of hydrogen-bond donors (Lipinski definition) is 1. The summed E-state index contributed by atoms with van der Waals surface area (Å²) in [5, 5.41) is 11.4. The van der Waals surface area contributed by atoms with Gasteiger partial charge in [-0.2, -0.15) is 18.4 Å². The van der Waals surface area contributed by atoms with Gasteiger partial charge in [-0.1, -0.05) is 0 Å². The number of anilines is 1. The zero-order chi connectivity index (χ0) is 34.2. The van der Waals surface area contributed by atoms with Crippen LogP contribution < -0.4 is 5.32 Å². The number of halogens is 4. The molecule has 0 aliphatic carbocycles. The Hall–Kier alpha value is -4.74. The van der Waals surface area contributed by atoms with Crippen molar-refractivity contribution in [2.24, 2.45) is 4.99 Å². The van der Waals surface area contributed by atoms with Gasteiger partial charge in [-0.15, -0.1) is 4.90 Å². The first-order valence-corrected chi connectivity index (χ1v) is 13.6. The monoisotopic (exact) mass is 635 g/mol. The van der Waals surface area contributed by atoms with Crippen LogP contribution in [-0.4, -0.2) is 57.0 Å². The number of pyridine rings is 1. The lowest BCUT2D eigenvalue weighted by atomic mass is 9.80. The Balaban J connectivity index is 2.17. The van der Waals surface area contributed by atoms with Crippen molar-refractivity contribution in [1.82, 2.24) is 9.88 Å². The Morgan fingerprint density at radius 3 is 2.04 bits per heavy atom. The van der Waals surface area contributed by atoms with Crippen LogP contribution in [0.15, 0.2) is 41.5 Å². The number of nitrogens with zero attached hydrogens (tertiary/aromatic N) is 4. The number of benzene rings is 1. The van der Waals surface area contributed by atoms with Crippen molar-refractivity contribution in [3.8, 4) is 6.07 Å². The summed E-state index contributed by atoms with van der Waals surface area (Å²) in [4.78, 5) is 47.4. The average Bonchev–Trinajstić information content (AvgIpc) is 2.86. The van der Waals surface area contributed by atoms with E-state index in [2.05, 4.69) is 15.3 Å². The molecule has 0 radical (unpaired) electrons. The molecule has 0 saturated heterocycles. The van der Waals surface area contributed by atoms with Crippen molar-refractivity contribution in [1.29, 1.82) is 5.26 Å². The minimum absolute atomic E-state index is 0.0307. The van der Waals surface area contributed by atoms with Crippen LogP contribution in [0, 0.1) is 17.1 Å². The number of aliphatic imine (C=N–C) groups is 1. The summed E-state index contributed by atoms with van der Waals surface area (Å²) in [5.74, 6) is -1.75. The Morgan fingerprint density at radius 2 is 1.58 bits per heavy atom. The molecule has 1 aromatic heterocycles. The van der Waals surface area contributed by atoms with E-state index in [4.69, 9.17) is 19.5 Å². The zero-order valence-electron chi connectivity index (χ0n) is 25.9. The standard InChI is InChI=1S/C30H33F4N5O6/c1-26(2,3)44-24(41)39(25(42)45-27(4,5)6)23-38-28(7,16-29(8,43-23)30(32,33)34)19-13-18(10-11-20(19)31)37-22(40)21-12-9-17(14-35)15-36-21/h9-13,15H,16H2,1-8H3,(H,37,40)/t28-,29-/m0/s1. The van der Waals surface area contributed by atoms with Gasteiger partial charge in [-0.05, 0) is 85.7 Å². The highest BCUT2D eigenvalue weighted by Crippen LogP contribution is 2.48. The molecule has 3 amide bonds. The van der Waals surface area contributed by atoms with Crippen molar-refractivity contribution < 1.29 is 46.2 Å². The minimum atomic E-state index is -5.10. The maximum Gasteiger partial charge on any atom is 0.428 e. The fraction of sp³-hybridized carbons (Fsp3) is 0.467. The molecule has 11 nitrogen and oxygen atoms in total. The van der Waals surface area contributed by atoms with Gasteiger partial charge in [0.15, 0.2) is 0 Å². The fourth-order valence-corrected chi connectivity index (χ4v) is 4.23. The van der Waals surface area contributed by atoms with Crippen LogP contribution in [0.2, 0.25) is 0 Å². The highest BCUT2D eigenvalue weighted by molar-refractivity contribution is 6.06. The average molecular weight is 636 g/mol. The summed E-state index contributed by atoms with van der Waals surface area (Å²) in [5.41, 5.74) is -7.97. The SMILES string of the molecule is CC(C)(C)OC(=O)N(C(=O)OC(C)(C)C)C1=N[C@](C)(c2cc(NC(=O)c3ccc(C#N)cn3)ccc2F)C[C@@](C)(C(F)(F)F)O1. The number of rotatable bonds is 3. The summed E-state index contributed by atoms with van der Waals surface area (Å²) >= 11 is 0. The second kappa shape index (κ2) is 12.0. The van der Waals surface area contributed by atoms with Crippen molar-refractivity contribution >= 4 is 29.8 Å². The molecule has 2 heterocycles. The van der Waals surface area contributed by atoms with Gasteiger partial charge >= 0.3 is 24.4 Å². The molecule has 2 aromatic rings. The number of carbonyl (C=O) groups is 3. The van der Waals surface area contributed by atoms with Crippen LogP contribution in [0.3, 0.4) is 0 Å². The van der Waals surface area contributed by atoms with E-state index in [9.17, 15) is 27.6 Å². The maximum atomic E-state index is 15.4. The number of imide groups is 1. The van der Waals surface area contributed by atoms with E-state index in [1.807, 2.05) is 6.07 Å². The third-order valence-electron chi connectivity index (χ3n) is 6.21. The molecule has 0 bridgehead atoms. The van der Waals surface area contributed by atoms with Crippen LogP contribution >= 0.6 is 0 Å². The summed E-state index contributed by atoms with van der Waals surface area (Å²) in [6.45, 7) is 10.6. The Morgan fingerprint density at radius 1 is 1.00 bits per heavy atom. The second-order valence-electron chi connectivity index (χ2n) is 12.7. The minimum Gasteiger partial charge on any atom is -0.448 e. The number of amides is 3. The highest BCUT2D eigenvalue weighted by atomic mass is 19.4. The quantitative estimate of drug-likeness (QED) is 0.362. The van der Waals surface area contributed by atoms with E-state index < -0.39 is 70.4 Å². The van der Waals surface area contributed by atoms with Gasteiger partial charge in [0.1, 0.15) is 28.8 Å². The van der Waals surface area contributed by atoms with Crippen LogP contribution in [0.1, 0.15) is 83.4 Å². The van der Waals surface area contributed by atoms with Gasteiger partial charge in [0, 0.05) is 23.9 Å². The molecule has 2 atom stereocenters. The second-order valence-corrected chi connectivity index (χ2v) is 12.7. The predicted molar refractivity (Wildman–Crippen MR) is 153 cm³/mol. The molecule has 15 heteroatoms. The van der Waals surface area contributed by atoms with E-state index in [1.54, 1.807) is 0 Å². The van der Waals surface area contributed by atoms with E-state index in [1.165, 1.54) is 65.9 Å². The number of amidine groups is 1. The number of ether oxygens (including phenoxy) is 3. The summed E-state index contributed by atoms with van der Waals surface area (Å²) in [6.07, 6.45) is -7.81. The lowest BCUT2D eigenvalue weighted by molar-refractivity contribution is -0.259. The molecular formula is C30H33F4N5O6. The predicted octanol–water partition coefficient (Wildman–Crippen LogP) is 6.83. The largest absolute Gasteiger partial charge is 0.448 e. The number of alkyl halides is 3. The highest BCUT2D eigenvalue weighted by Gasteiger charge is 2.61. The third-order valence-corrected chi connectivity index (χ3v) is 6.21. The van der Waals surface area contributed by atoms with E-state index in [0.29, 0.717) is 6.92 Å². The van der Waals surface area contributed by atoms with Gasteiger partial charge in [-0.25, -0.2) is 24.0 Å². The van der Waals surface area contributed by atoms with Gasteiger partial charge in [0.05, 0.1) is 11.1 Å². The van der Waals surface area contributed by atoms with Crippen LogP contribution in [0.5, 0.6) is 0 Å². The number of carbonyl (C=O) groups excluding carboxylic acids is 3. The lowest BCUT2D eigenvalue weighted by Crippen LogP contribution is -2.58. The molecule has 0 fully saturated rings. The van der Waals surface area contributed by atoms with Gasteiger partial charge in [0.2, 0.25) is 5.60 Å². The van der Waals surface area contributed by atoms with Crippen molar-refractivity contribution in [3.63, 3.8) is 0 Å². The molecule has 3 rings (SSSR count). The smallest absolute Gasteiger partial charge is 0.428 e. The normalized spacial score (nSPS) is 20.2. The molecular weight excluding hydrogens is 602 g/mol. The van der Waals surface area contributed by atoms with Crippen molar-refractivity contribution in [3.05, 3.63) is 59.2 Å². The molecule has 0 spiro atoms. The number of nitriles is 1. The maximum absolute atomic E-state index is 15.4. The van der Waals surface area contributed by atoms with E-state index in [0.717, 1.165) is 19.1 Å². The fourth-order valence-electron chi connectivity index (χ4n) is 4.23. The first-order valence-electron chi connectivity index (χ1n) is 13.6. The molecule has 0 unspecified atom stereocenters.